The molecule has 7 heteroatoms. The highest BCUT2D eigenvalue weighted by Crippen LogP contribution is 2.24. The maximum Gasteiger partial charge on any atom is 0.407 e. The summed E-state index contributed by atoms with van der Waals surface area (Å²) in [6.45, 7) is 4.94. The van der Waals surface area contributed by atoms with Crippen molar-refractivity contribution in [2.24, 2.45) is 5.73 Å². The van der Waals surface area contributed by atoms with E-state index in [2.05, 4.69) is 10.1 Å². The molecule has 0 fully saturated rings. The molecule has 0 bridgehead atoms. The Labute approximate surface area is 166 Å². The molecular formula is C21H30N2O5. The summed E-state index contributed by atoms with van der Waals surface area (Å²) in [5.41, 5.74) is 6.03. The van der Waals surface area contributed by atoms with Gasteiger partial charge in [-0.1, -0.05) is 31.7 Å². The second-order valence-electron chi connectivity index (χ2n) is 7.72. The first-order valence-corrected chi connectivity index (χ1v) is 9.89. The van der Waals surface area contributed by atoms with Gasteiger partial charge in [0.2, 0.25) is 0 Å². The molecule has 0 saturated heterocycles. The Balaban J connectivity index is 1.73. The molecule has 1 aliphatic heterocycles. The summed E-state index contributed by atoms with van der Waals surface area (Å²) in [7, 11) is 0. The minimum Gasteiger partial charge on any atom is -0.443 e. The van der Waals surface area contributed by atoms with Gasteiger partial charge in [-0.05, 0) is 50.9 Å². The van der Waals surface area contributed by atoms with Gasteiger partial charge in [0.1, 0.15) is 5.60 Å². The Morgan fingerprint density at radius 3 is 2.39 bits per heavy atom. The number of ether oxygens (including phenoxy) is 2. The highest BCUT2D eigenvalue weighted by atomic mass is 16.6. The zero-order chi connectivity index (χ0) is 20.6. The van der Waals surface area contributed by atoms with E-state index in [1.807, 2.05) is 0 Å². The number of nitrogens with one attached hydrogen (secondary N) is 1. The largest absolute Gasteiger partial charge is 0.443 e. The number of nitrogens with two attached hydrogens (primary N) is 1. The minimum absolute atomic E-state index is 0.259. The van der Waals surface area contributed by atoms with E-state index in [1.54, 1.807) is 32.0 Å². The number of hydrogen-bond donors (Lipinski definition) is 2. The Kier molecular flexibility index (Phi) is 7.99. The highest BCUT2D eigenvalue weighted by molar-refractivity contribution is 6.14. The van der Waals surface area contributed by atoms with Crippen LogP contribution in [-0.4, -0.2) is 36.7 Å². The van der Waals surface area contributed by atoms with Crippen LogP contribution in [0, 0.1) is 0 Å². The molecule has 154 valence electrons. The van der Waals surface area contributed by atoms with E-state index in [1.165, 1.54) is 6.42 Å². The average molecular weight is 390 g/mol. The van der Waals surface area contributed by atoms with Crippen molar-refractivity contribution < 1.29 is 23.9 Å². The molecule has 28 heavy (non-hydrogen) atoms. The normalized spacial score (nSPS) is 13.2. The van der Waals surface area contributed by atoms with Crippen molar-refractivity contribution in [2.45, 2.75) is 64.4 Å². The third-order valence-electron chi connectivity index (χ3n) is 4.61. The van der Waals surface area contributed by atoms with Crippen LogP contribution < -0.4 is 11.1 Å². The van der Waals surface area contributed by atoms with Gasteiger partial charge in [-0.2, -0.15) is 0 Å². The smallest absolute Gasteiger partial charge is 0.407 e. The molecule has 0 radical (unpaired) electrons. The molecule has 2 rings (SSSR count). The number of unbranched alkanes of at least 4 members (excludes halogenated alkanes) is 5. The molecule has 1 amide bonds. The lowest BCUT2D eigenvalue weighted by Gasteiger charge is -2.25. The van der Waals surface area contributed by atoms with Crippen LogP contribution in [0.25, 0.3) is 0 Å². The predicted molar refractivity (Wildman–Crippen MR) is 105 cm³/mol. The molecule has 1 aliphatic rings. The zero-order valence-corrected chi connectivity index (χ0v) is 16.7. The van der Waals surface area contributed by atoms with Crippen molar-refractivity contribution in [1.82, 2.24) is 5.32 Å². The summed E-state index contributed by atoms with van der Waals surface area (Å²) in [6, 6.07) is 4.93. The van der Waals surface area contributed by atoms with Crippen LogP contribution >= 0.6 is 0 Å². The number of hydrogen-bond acceptors (Lipinski definition) is 6. The van der Waals surface area contributed by atoms with E-state index >= 15 is 0 Å². The van der Waals surface area contributed by atoms with Crippen molar-refractivity contribution in [2.75, 3.05) is 13.1 Å². The van der Waals surface area contributed by atoms with Gasteiger partial charge in [0.25, 0.3) is 0 Å². The molecule has 1 heterocycles. The van der Waals surface area contributed by atoms with E-state index in [-0.39, 0.29) is 11.1 Å². The first kappa shape index (κ1) is 21.9. The fourth-order valence-corrected chi connectivity index (χ4v) is 3.22. The second-order valence-corrected chi connectivity index (χ2v) is 7.72. The van der Waals surface area contributed by atoms with Crippen molar-refractivity contribution in [3.05, 3.63) is 34.9 Å². The molecule has 0 unspecified atom stereocenters. The second kappa shape index (κ2) is 10.2. The molecule has 0 aliphatic carbocycles. The summed E-state index contributed by atoms with van der Waals surface area (Å²) >= 11 is 0. The van der Waals surface area contributed by atoms with Crippen LogP contribution in [0.15, 0.2) is 18.2 Å². The third kappa shape index (κ3) is 6.64. The van der Waals surface area contributed by atoms with Gasteiger partial charge in [-0.15, -0.1) is 0 Å². The molecule has 0 saturated carbocycles. The van der Waals surface area contributed by atoms with Gasteiger partial charge in [0.05, 0.1) is 11.1 Å². The quantitative estimate of drug-likeness (QED) is 0.341. The van der Waals surface area contributed by atoms with Gasteiger partial charge in [0, 0.05) is 13.0 Å². The first-order valence-electron chi connectivity index (χ1n) is 9.89. The number of esters is 2. The Morgan fingerprint density at radius 2 is 1.68 bits per heavy atom. The molecule has 0 aromatic heterocycles. The monoisotopic (exact) mass is 390 g/mol. The Bertz CT molecular complexity index is 715. The molecule has 0 spiro atoms. The molecule has 0 atom stereocenters. The van der Waals surface area contributed by atoms with Gasteiger partial charge >= 0.3 is 18.0 Å². The average Bonchev–Trinajstić information content (AvgIpc) is 2.90. The molecule has 7 nitrogen and oxygen atoms in total. The fraction of sp³-hybridized carbons (Fsp3) is 0.571. The van der Waals surface area contributed by atoms with Crippen LogP contribution in [0.1, 0.15) is 78.7 Å². The number of carbonyl (C=O) groups excluding carboxylic acids is 3. The van der Waals surface area contributed by atoms with Crippen LogP contribution in [0.2, 0.25) is 0 Å². The molecule has 3 N–H and O–H groups in total. The summed E-state index contributed by atoms with van der Waals surface area (Å²) in [6.07, 6.45) is 6.49. The van der Waals surface area contributed by atoms with Crippen LogP contribution in [0.4, 0.5) is 4.79 Å². The molecular weight excluding hydrogens is 360 g/mol. The van der Waals surface area contributed by atoms with Gasteiger partial charge in [-0.3, -0.25) is 0 Å². The van der Waals surface area contributed by atoms with Gasteiger partial charge in [-0.25, -0.2) is 14.4 Å². The summed E-state index contributed by atoms with van der Waals surface area (Å²) in [4.78, 5) is 35.2. The summed E-state index contributed by atoms with van der Waals surface area (Å²) < 4.78 is 10.1. The number of benzene rings is 1. The maximum atomic E-state index is 12.0. The topological polar surface area (TPSA) is 108 Å². The van der Waals surface area contributed by atoms with Crippen molar-refractivity contribution >= 4 is 18.0 Å². The predicted octanol–water partition coefficient (Wildman–Crippen LogP) is 3.34. The summed E-state index contributed by atoms with van der Waals surface area (Å²) in [5.74, 6) is -1.26. The number of alkyl carbamates (subject to hydrolysis) is 1. The van der Waals surface area contributed by atoms with E-state index in [9.17, 15) is 14.4 Å². The zero-order valence-electron chi connectivity index (χ0n) is 16.7. The number of fused-ring (bicyclic) bond motifs is 1. The standard InChI is InChI=1S/C21H30N2O5/c1-21(2,28-20(26)23-12-8-6-4-3-5-7-11-22)14-15-9-10-16-17(13-15)19(25)27-18(16)24/h9-10,13H,3-8,11-12,14,22H2,1-2H3,(H,23,26). The number of cyclic esters (lactones) is 2. The van der Waals surface area contributed by atoms with Gasteiger partial charge < -0.3 is 20.5 Å². The highest BCUT2D eigenvalue weighted by Gasteiger charge is 2.31. The number of rotatable bonds is 11. The lowest BCUT2D eigenvalue weighted by atomic mass is 9.95. The lowest BCUT2D eigenvalue weighted by molar-refractivity contribution is 0.0387. The summed E-state index contributed by atoms with van der Waals surface area (Å²) in [5, 5.41) is 2.78. The van der Waals surface area contributed by atoms with Crippen molar-refractivity contribution in [1.29, 1.82) is 0 Å². The van der Waals surface area contributed by atoms with Crippen LogP contribution in [-0.2, 0) is 15.9 Å². The van der Waals surface area contributed by atoms with Crippen molar-refractivity contribution in [3.63, 3.8) is 0 Å². The van der Waals surface area contributed by atoms with E-state index in [4.69, 9.17) is 10.5 Å². The van der Waals surface area contributed by atoms with Crippen molar-refractivity contribution in [3.8, 4) is 0 Å². The van der Waals surface area contributed by atoms with E-state index < -0.39 is 23.6 Å². The minimum atomic E-state index is -0.757. The number of amides is 1. The number of carbonyl (C=O) groups is 3. The third-order valence-corrected chi connectivity index (χ3v) is 4.61. The Hall–Kier alpha value is -2.41. The maximum absolute atomic E-state index is 12.0. The van der Waals surface area contributed by atoms with Crippen LogP contribution in [0.3, 0.4) is 0 Å². The SMILES string of the molecule is CC(C)(Cc1ccc2c(c1)C(=O)OC2=O)OC(=O)NCCCCCCCCN. The fourth-order valence-electron chi connectivity index (χ4n) is 3.22. The Morgan fingerprint density at radius 1 is 1.04 bits per heavy atom. The van der Waals surface area contributed by atoms with E-state index in [0.717, 1.165) is 44.2 Å². The molecule has 1 aromatic carbocycles. The first-order chi connectivity index (χ1) is 13.3. The molecule has 1 aromatic rings. The van der Waals surface area contributed by atoms with Crippen LogP contribution in [0.5, 0.6) is 0 Å². The van der Waals surface area contributed by atoms with Gasteiger partial charge in [0.15, 0.2) is 0 Å². The lowest BCUT2D eigenvalue weighted by Crippen LogP contribution is -2.36. The van der Waals surface area contributed by atoms with E-state index in [0.29, 0.717) is 13.0 Å².